The molecule has 0 aromatic heterocycles. The molecule has 0 heterocycles. The first kappa shape index (κ1) is 20.2. The third-order valence-electron chi connectivity index (χ3n) is 3.50. The van der Waals surface area contributed by atoms with E-state index < -0.39 is 0 Å². The van der Waals surface area contributed by atoms with Crippen LogP contribution in [0.3, 0.4) is 0 Å². The Morgan fingerprint density at radius 1 is 0.722 bits per heavy atom. The summed E-state index contributed by atoms with van der Waals surface area (Å²) < 4.78 is 0.747. The summed E-state index contributed by atoms with van der Waals surface area (Å²) in [6.07, 6.45) is 13.8. The first-order chi connectivity index (χ1) is 8.12. The van der Waals surface area contributed by atoms with Crippen LogP contribution in [-0.4, -0.2) is 42.4 Å². The van der Waals surface area contributed by atoms with Crippen LogP contribution >= 0.6 is 0 Å². The van der Waals surface area contributed by atoms with Crippen LogP contribution in [0, 0.1) is 0 Å². The molecule has 0 rings (SSSR count). The van der Waals surface area contributed by atoms with Crippen molar-refractivity contribution >= 4 is 0 Å². The van der Waals surface area contributed by atoms with Gasteiger partial charge >= 0.3 is 0 Å². The fourth-order valence-electron chi connectivity index (χ4n) is 2.10. The van der Waals surface area contributed by atoms with Crippen LogP contribution in [0.2, 0.25) is 0 Å². The molecule has 0 atom stereocenters. The zero-order valence-electron chi connectivity index (χ0n) is 12.8. The molecule has 0 bridgehead atoms. The smallest absolute Gasteiger partial charge is 0.179 e. The number of nitrogens with zero attached hydrogens (tertiary/aromatic N) is 1. The van der Waals surface area contributed by atoms with Gasteiger partial charge in [-0.3, -0.25) is 0 Å². The normalized spacial score (nSPS) is 11.3. The molecule has 3 nitrogen and oxygen atoms in total. The maximum atomic E-state index is 9.11. The zero-order valence-corrected chi connectivity index (χ0v) is 12.8. The molecule has 0 unspecified atom stereocenters. The standard InChI is InChI=1S/C15H34NO.H2O/c1-4-5-6-7-8-9-10-11-12-13-14-16(2,3)15-17;/h17H,4-15H2,1-3H3;1H2/q+1;/p-1. The number of hydrogen-bond donors (Lipinski definition) is 1. The molecule has 0 aliphatic heterocycles. The van der Waals surface area contributed by atoms with E-state index in [1.54, 1.807) is 0 Å². The Balaban J connectivity index is 0. The van der Waals surface area contributed by atoms with Crippen molar-refractivity contribution in [2.45, 2.75) is 71.1 Å². The minimum Gasteiger partial charge on any atom is -0.870 e. The average molecular weight is 261 g/mol. The molecule has 0 aromatic carbocycles. The summed E-state index contributed by atoms with van der Waals surface area (Å²) in [5.41, 5.74) is 0. The van der Waals surface area contributed by atoms with Crippen LogP contribution in [0.5, 0.6) is 0 Å². The Kier molecular flexibility index (Phi) is 14.9. The molecule has 0 aromatic rings. The van der Waals surface area contributed by atoms with Gasteiger partial charge in [-0.25, -0.2) is 0 Å². The Bertz CT molecular complexity index is 161. The van der Waals surface area contributed by atoms with Gasteiger partial charge in [0.15, 0.2) is 6.73 Å². The number of quaternary nitrogens is 1. The van der Waals surface area contributed by atoms with Crippen LogP contribution in [-0.2, 0) is 0 Å². The van der Waals surface area contributed by atoms with Gasteiger partial charge in [-0.15, -0.1) is 0 Å². The van der Waals surface area contributed by atoms with E-state index in [0.717, 1.165) is 11.0 Å². The Labute approximate surface area is 114 Å². The summed E-state index contributed by atoms with van der Waals surface area (Å²) in [6.45, 7) is 3.64. The lowest BCUT2D eigenvalue weighted by Gasteiger charge is -2.26. The molecular weight excluding hydrogens is 226 g/mol. The van der Waals surface area contributed by atoms with Crippen LogP contribution in [0.15, 0.2) is 0 Å². The molecule has 0 aliphatic rings. The first-order valence-electron chi connectivity index (χ1n) is 7.55. The highest BCUT2D eigenvalue weighted by Gasteiger charge is 2.11. The summed E-state index contributed by atoms with van der Waals surface area (Å²) in [5.74, 6) is 0. The predicted molar refractivity (Wildman–Crippen MR) is 77.8 cm³/mol. The largest absolute Gasteiger partial charge is 0.870 e. The highest BCUT2D eigenvalue weighted by molar-refractivity contribution is 4.47. The Morgan fingerprint density at radius 2 is 1.11 bits per heavy atom. The SMILES string of the molecule is CCCCCCCCCCCC[N+](C)(C)CO.[OH-]. The molecule has 3 heteroatoms. The van der Waals surface area contributed by atoms with E-state index >= 15 is 0 Å². The van der Waals surface area contributed by atoms with E-state index in [1.807, 2.05) is 0 Å². The lowest BCUT2D eigenvalue weighted by Crippen LogP contribution is -2.41. The van der Waals surface area contributed by atoms with Crippen molar-refractivity contribution < 1.29 is 15.1 Å². The minimum atomic E-state index is 0. The second-order valence-corrected chi connectivity index (χ2v) is 5.98. The second-order valence-electron chi connectivity index (χ2n) is 5.98. The summed E-state index contributed by atoms with van der Waals surface area (Å²) in [7, 11) is 4.18. The van der Waals surface area contributed by atoms with Gasteiger partial charge in [0.25, 0.3) is 0 Å². The van der Waals surface area contributed by atoms with Crippen LogP contribution in [0.4, 0.5) is 0 Å². The molecule has 0 aliphatic carbocycles. The molecule has 2 N–H and O–H groups in total. The van der Waals surface area contributed by atoms with Crippen molar-refractivity contribution in [3.8, 4) is 0 Å². The molecule has 0 radical (unpaired) electrons. The molecular formula is C15H35NO2. The fraction of sp³-hybridized carbons (Fsp3) is 1.00. The van der Waals surface area contributed by atoms with Gasteiger partial charge in [-0.1, -0.05) is 58.3 Å². The number of hydrogen-bond acceptors (Lipinski definition) is 2. The van der Waals surface area contributed by atoms with Gasteiger partial charge in [-0.2, -0.15) is 0 Å². The molecule has 0 saturated heterocycles. The monoisotopic (exact) mass is 261 g/mol. The lowest BCUT2D eigenvalue weighted by atomic mass is 10.1. The lowest BCUT2D eigenvalue weighted by molar-refractivity contribution is -0.909. The van der Waals surface area contributed by atoms with Crippen molar-refractivity contribution in [1.29, 1.82) is 0 Å². The average Bonchev–Trinajstić information content (AvgIpc) is 2.31. The summed E-state index contributed by atoms with van der Waals surface area (Å²) in [5, 5.41) is 9.11. The summed E-state index contributed by atoms with van der Waals surface area (Å²) in [6, 6.07) is 0. The quantitative estimate of drug-likeness (QED) is 0.330. The van der Waals surface area contributed by atoms with Gasteiger partial charge < -0.3 is 15.1 Å². The van der Waals surface area contributed by atoms with Gasteiger partial charge in [0.2, 0.25) is 0 Å². The minimum absolute atomic E-state index is 0. The highest BCUT2D eigenvalue weighted by atomic mass is 16.3. The predicted octanol–water partition coefficient (Wildman–Crippen LogP) is 3.76. The van der Waals surface area contributed by atoms with Crippen molar-refractivity contribution in [2.24, 2.45) is 0 Å². The zero-order chi connectivity index (χ0) is 13.0. The van der Waals surface area contributed by atoms with Gasteiger partial charge in [0.1, 0.15) is 0 Å². The van der Waals surface area contributed by atoms with Crippen molar-refractivity contribution in [3.63, 3.8) is 0 Å². The van der Waals surface area contributed by atoms with E-state index in [2.05, 4.69) is 21.0 Å². The Hall–Kier alpha value is -0.120. The number of aliphatic hydroxyl groups is 1. The van der Waals surface area contributed by atoms with Crippen LogP contribution in [0.1, 0.15) is 71.1 Å². The molecule has 0 amide bonds. The van der Waals surface area contributed by atoms with E-state index in [-0.39, 0.29) is 12.2 Å². The number of unbranched alkanes of at least 4 members (excludes halogenated alkanes) is 9. The molecule has 112 valence electrons. The van der Waals surface area contributed by atoms with E-state index in [0.29, 0.717) is 0 Å². The van der Waals surface area contributed by atoms with Crippen molar-refractivity contribution in [3.05, 3.63) is 0 Å². The van der Waals surface area contributed by atoms with Crippen molar-refractivity contribution in [1.82, 2.24) is 0 Å². The van der Waals surface area contributed by atoms with E-state index in [4.69, 9.17) is 5.11 Å². The topological polar surface area (TPSA) is 50.2 Å². The number of aliphatic hydroxyl groups excluding tert-OH is 1. The van der Waals surface area contributed by atoms with Crippen molar-refractivity contribution in [2.75, 3.05) is 27.4 Å². The third-order valence-corrected chi connectivity index (χ3v) is 3.50. The van der Waals surface area contributed by atoms with E-state index in [9.17, 15) is 0 Å². The molecule has 18 heavy (non-hydrogen) atoms. The fourth-order valence-corrected chi connectivity index (χ4v) is 2.10. The maximum Gasteiger partial charge on any atom is 0.179 e. The van der Waals surface area contributed by atoms with Crippen LogP contribution in [0.25, 0.3) is 0 Å². The van der Waals surface area contributed by atoms with E-state index in [1.165, 1.54) is 64.2 Å². The molecule has 0 saturated carbocycles. The molecule has 0 spiro atoms. The van der Waals surface area contributed by atoms with Crippen LogP contribution < -0.4 is 0 Å². The molecule has 0 fully saturated rings. The van der Waals surface area contributed by atoms with Gasteiger partial charge in [0, 0.05) is 0 Å². The highest BCUT2D eigenvalue weighted by Crippen LogP contribution is 2.11. The maximum absolute atomic E-state index is 9.11. The van der Waals surface area contributed by atoms with Gasteiger partial charge in [0.05, 0.1) is 20.6 Å². The second kappa shape index (κ2) is 13.3. The van der Waals surface area contributed by atoms with Gasteiger partial charge in [-0.05, 0) is 12.8 Å². The third kappa shape index (κ3) is 13.9. The Morgan fingerprint density at radius 3 is 1.50 bits per heavy atom. The summed E-state index contributed by atoms with van der Waals surface area (Å²) >= 11 is 0. The first-order valence-corrected chi connectivity index (χ1v) is 7.55. The number of rotatable bonds is 12. The summed E-state index contributed by atoms with van der Waals surface area (Å²) in [4.78, 5) is 0.